The summed E-state index contributed by atoms with van der Waals surface area (Å²) in [6.07, 6.45) is 2.96. The van der Waals surface area contributed by atoms with Gasteiger partial charge in [0.2, 0.25) is 0 Å². The quantitative estimate of drug-likeness (QED) is 0.649. The Bertz CT molecular complexity index is 1150. The fraction of sp³-hybridized carbons (Fsp3) is 0.364. The Hall–Kier alpha value is -2.32. The topological polar surface area (TPSA) is 62.1 Å². The van der Waals surface area contributed by atoms with Crippen LogP contribution in [0.5, 0.6) is 5.75 Å². The van der Waals surface area contributed by atoms with E-state index in [1.165, 1.54) is 0 Å². The highest BCUT2D eigenvalue weighted by Crippen LogP contribution is 2.37. The highest BCUT2D eigenvalue weighted by atomic mass is 35.5. The third-order valence-corrected chi connectivity index (χ3v) is 6.35. The van der Waals surface area contributed by atoms with Gasteiger partial charge in [-0.15, -0.1) is 0 Å². The van der Waals surface area contributed by atoms with Gasteiger partial charge in [0.1, 0.15) is 5.75 Å². The average Bonchev–Trinajstić information content (AvgIpc) is 2.93. The number of pyridine rings is 1. The lowest BCUT2D eigenvalue weighted by Crippen LogP contribution is -2.35. The maximum absolute atomic E-state index is 12.1. The molecule has 2 aliphatic rings. The van der Waals surface area contributed by atoms with Gasteiger partial charge >= 0.3 is 0 Å². The second-order valence-corrected chi connectivity index (χ2v) is 8.75. The number of ether oxygens (including phenoxy) is 1. The SMILES string of the molecule is CN1C(=O)COc2ccc(-c3nc4c(Cl)cc(Cl)cn4c3CN3CCCNCC3)cc21. The van der Waals surface area contributed by atoms with Gasteiger partial charge in [-0.05, 0) is 43.8 Å². The largest absolute Gasteiger partial charge is 0.482 e. The van der Waals surface area contributed by atoms with E-state index in [1.54, 1.807) is 18.0 Å². The minimum absolute atomic E-state index is 0.0551. The summed E-state index contributed by atoms with van der Waals surface area (Å²) in [6.45, 7) is 4.71. The van der Waals surface area contributed by atoms with Crippen molar-refractivity contribution in [1.29, 1.82) is 0 Å². The first-order valence-electron chi connectivity index (χ1n) is 10.3. The maximum Gasteiger partial charge on any atom is 0.264 e. The number of hydrogen-bond donors (Lipinski definition) is 1. The Morgan fingerprint density at radius 1 is 1.19 bits per heavy atom. The number of halogens is 2. The van der Waals surface area contributed by atoms with Crippen LogP contribution in [0.4, 0.5) is 5.69 Å². The minimum Gasteiger partial charge on any atom is -0.482 e. The molecule has 9 heteroatoms. The smallest absolute Gasteiger partial charge is 0.264 e. The van der Waals surface area contributed by atoms with Crippen molar-refractivity contribution in [1.82, 2.24) is 19.6 Å². The number of anilines is 1. The summed E-state index contributed by atoms with van der Waals surface area (Å²) >= 11 is 12.8. The zero-order chi connectivity index (χ0) is 21.5. The van der Waals surface area contributed by atoms with Crippen LogP contribution >= 0.6 is 23.2 Å². The normalized spacial score (nSPS) is 17.5. The number of carbonyl (C=O) groups is 1. The van der Waals surface area contributed by atoms with Gasteiger partial charge in [0, 0.05) is 38.4 Å². The highest BCUT2D eigenvalue weighted by Gasteiger charge is 2.25. The lowest BCUT2D eigenvalue weighted by Gasteiger charge is -2.26. The summed E-state index contributed by atoms with van der Waals surface area (Å²) in [5.74, 6) is 0.614. The fourth-order valence-electron chi connectivity index (χ4n) is 4.19. The first-order valence-corrected chi connectivity index (χ1v) is 11.1. The molecule has 3 aromatic rings. The number of nitrogens with zero attached hydrogens (tertiary/aromatic N) is 4. The van der Waals surface area contributed by atoms with Gasteiger partial charge < -0.3 is 15.0 Å². The van der Waals surface area contributed by atoms with Gasteiger partial charge in [-0.25, -0.2) is 4.98 Å². The van der Waals surface area contributed by atoms with E-state index in [2.05, 4.69) is 10.2 Å². The summed E-state index contributed by atoms with van der Waals surface area (Å²) in [5, 5.41) is 4.51. The molecule has 0 radical (unpaired) electrons. The molecule has 0 atom stereocenters. The van der Waals surface area contributed by atoms with E-state index in [4.69, 9.17) is 32.9 Å². The van der Waals surface area contributed by atoms with Crippen molar-refractivity contribution in [2.75, 3.05) is 44.7 Å². The van der Waals surface area contributed by atoms with Gasteiger partial charge in [-0.1, -0.05) is 23.2 Å². The molecule has 4 heterocycles. The zero-order valence-electron chi connectivity index (χ0n) is 17.2. The molecule has 0 bridgehead atoms. The number of amides is 1. The molecule has 0 saturated carbocycles. The van der Waals surface area contributed by atoms with E-state index in [1.807, 2.05) is 28.8 Å². The van der Waals surface area contributed by atoms with Crippen molar-refractivity contribution in [2.24, 2.45) is 0 Å². The molecule has 0 aliphatic carbocycles. The third kappa shape index (κ3) is 3.87. The Kier molecular flexibility index (Phi) is 5.52. The molecule has 7 nitrogen and oxygen atoms in total. The summed E-state index contributed by atoms with van der Waals surface area (Å²) in [5.41, 5.74) is 4.16. The van der Waals surface area contributed by atoms with Crippen LogP contribution in [0.2, 0.25) is 10.0 Å². The van der Waals surface area contributed by atoms with Gasteiger partial charge in [0.25, 0.3) is 5.91 Å². The van der Waals surface area contributed by atoms with E-state index in [-0.39, 0.29) is 12.5 Å². The fourth-order valence-corrected chi connectivity index (χ4v) is 4.71. The number of aromatic nitrogens is 2. The molecule has 2 aliphatic heterocycles. The van der Waals surface area contributed by atoms with E-state index in [9.17, 15) is 4.79 Å². The third-order valence-electron chi connectivity index (χ3n) is 5.87. The Morgan fingerprint density at radius 3 is 2.94 bits per heavy atom. The molecule has 1 amide bonds. The van der Waals surface area contributed by atoms with Gasteiger partial charge in [0.15, 0.2) is 12.3 Å². The molecule has 2 aromatic heterocycles. The second kappa shape index (κ2) is 8.31. The summed E-state index contributed by atoms with van der Waals surface area (Å²) < 4.78 is 7.58. The molecular weight excluding hydrogens is 437 g/mol. The van der Waals surface area contributed by atoms with E-state index in [0.29, 0.717) is 21.4 Å². The van der Waals surface area contributed by atoms with Gasteiger partial charge in [-0.3, -0.25) is 14.1 Å². The Morgan fingerprint density at radius 2 is 2.06 bits per heavy atom. The molecule has 1 aromatic carbocycles. The van der Waals surface area contributed by atoms with Crippen molar-refractivity contribution < 1.29 is 9.53 Å². The molecule has 31 heavy (non-hydrogen) atoms. The number of carbonyl (C=O) groups excluding carboxylic acids is 1. The Balaban J connectivity index is 1.64. The van der Waals surface area contributed by atoms with E-state index in [0.717, 1.165) is 61.8 Å². The summed E-state index contributed by atoms with van der Waals surface area (Å²) in [7, 11) is 1.76. The molecule has 0 unspecified atom stereocenters. The maximum atomic E-state index is 12.1. The van der Waals surface area contributed by atoms with Gasteiger partial charge in [0.05, 0.1) is 27.1 Å². The monoisotopic (exact) mass is 459 g/mol. The molecule has 1 N–H and O–H groups in total. The molecule has 0 spiro atoms. The molecular formula is C22H23Cl2N5O2. The summed E-state index contributed by atoms with van der Waals surface area (Å²) in [4.78, 5) is 21.1. The standard InChI is InChI=1S/C22H23Cl2N5O2/c1-27-17-9-14(3-4-19(17)31-13-20(27)30)21-18(12-28-7-2-5-25-6-8-28)29-11-15(23)10-16(24)22(29)26-21/h3-4,9-11,25H,2,5-8,12-13H2,1H3. The van der Waals surface area contributed by atoms with Crippen LogP contribution in [0.1, 0.15) is 12.1 Å². The molecule has 5 rings (SSSR count). The lowest BCUT2D eigenvalue weighted by molar-refractivity contribution is -0.120. The van der Waals surface area contributed by atoms with E-state index >= 15 is 0 Å². The van der Waals surface area contributed by atoms with Crippen LogP contribution in [0.25, 0.3) is 16.9 Å². The van der Waals surface area contributed by atoms with Gasteiger partial charge in [-0.2, -0.15) is 0 Å². The van der Waals surface area contributed by atoms with Crippen molar-refractivity contribution in [3.8, 4) is 17.0 Å². The number of imidazole rings is 1. The number of fused-ring (bicyclic) bond motifs is 2. The Labute approximate surface area is 190 Å². The average molecular weight is 460 g/mol. The van der Waals surface area contributed by atoms with Crippen molar-refractivity contribution in [2.45, 2.75) is 13.0 Å². The lowest BCUT2D eigenvalue weighted by atomic mass is 10.1. The first kappa shape index (κ1) is 20.6. The van der Waals surface area contributed by atoms with Crippen molar-refractivity contribution in [3.63, 3.8) is 0 Å². The number of rotatable bonds is 3. The van der Waals surface area contributed by atoms with Crippen LogP contribution in [0, 0.1) is 0 Å². The zero-order valence-corrected chi connectivity index (χ0v) is 18.7. The number of nitrogens with one attached hydrogen (secondary N) is 1. The van der Waals surface area contributed by atoms with Crippen molar-refractivity contribution in [3.05, 3.63) is 46.2 Å². The summed E-state index contributed by atoms with van der Waals surface area (Å²) in [6, 6.07) is 7.54. The highest BCUT2D eigenvalue weighted by molar-refractivity contribution is 6.36. The molecule has 1 saturated heterocycles. The van der Waals surface area contributed by atoms with Crippen molar-refractivity contribution >= 4 is 40.4 Å². The predicted molar refractivity (Wildman–Crippen MR) is 122 cm³/mol. The number of likely N-dealkylation sites (N-methyl/N-ethyl adjacent to an activating group) is 1. The van der Waals surface area contributed by atoms with Crippen LogP contribution < -0.4 is 15.0 Å². The minimum atomic E-state index is -0.0771. The predicted octanol–water partition coefficient (Wildman–Crippen LogP) is 3.46. The van der Waals surface area contributed by atoms with Crippen LogP contribution in [-0.4, -0.2) is 60.0 Å². The van der Waals surface area contributed by atoms with Crippen LogP contribution in [0.3, 0.4) is 0 Å². The molecule has 1 fully saturated rings. The van der Waals surface area contributed by atoms with E-state index < -0.39 is 0 Å². The van der Waals surface area contributed by atoms with Crippen LogP contribution in [-0.2, 0) is 11.3 Å². The second-order valence-electron chi connectivity index (χ2n) is 7.91. The number of hydrogen-bond acceptors (Lipinski definition) is 5. The van der Waals surface area contributed by atoms with Crippen LogP contribution in [0.15, 0.2) is 30.5 Å². The first-order chi connectivity index (χ1) is 15.0. The molecule has 162 valence electrons. The number of benzene rings is 1.